The number of carbonyl (C=O) groups is 2. The van der Waals surface area contributed by atoms with Gasteiger partial charge in [0.05, 0.1) is 23.4 Å². The number of nitrogens with one attached hydrogen (secondary N) is 2. The minimum atomic E-state index is -0.190. The van der Waals surface area contributed by atoms with Gasteiger partial charge < -0.3 is 20.4 Å². The fraction of sp³-hybridized carbons (Fsp3) is 0.387. The zero-order chi connectivity index (χ0) is 29.1. The Morgan fingerprint density at radius 3 is 2.33 bits per heavy atom. The van der Waals surface area contributed by atoms with Gasteiger partial charge in [0, 0.05) is 43.0 Å². The van der Waals surface area contributed by atoms with E-state index in [1.807, 2.05) is 42.2 Å². The van der Waals surface area contributed by atoms with Gasteiger partial charge in [-0.25, -0.2) is 9.97 Å². The van der Waals surface area contributed by atoms with Gasteiger partial charge in [-0.05, 0) is 55.9 Å². The Kier molecular flexibility index (Phi) is 11.2. The van der Waals surface area contributed by atoms with E-state index in [1.54, 1.807) is 38.2 Å². The average Bonchev–Trinajstić information content (AvgIpc) is 2.96. The van der Waals surface area contributed by atoms with Crippen LogP contribution >= 0.6 is 0 Å². The highest BCUT2D eigenvalue weighted by atomic mass is 16.2. The van der Waals surface area contributed by atoms with Gasteiger partial charge in [-0.3, -0.25) is 9.59 Å². The van der Waals surface area contributed by atoms with E-state index >= 15 is 0 Å². The summed E-state index contributed by atoms with van der Waals surface area (Å²) in [6.45, 7) is 14.2. The third kappa shape index (κ3) is 8.35. The monoisotopic (exact) mass is 541 g/mol. The fourth-order valence-corrected chi connectivity index (χ4v) is 4.14. The van der Waals surface area contributed by atoms with E-state index in [1.165, 1.54) is 0 Å². The van der Waals surface area contributed by atoms with Crippen LogP contribution in [-0.2, 0) is 16.0 Å². The molecular weight excluding hydrogens is 502 g/mol. The molecule has 0 saturated heterocycles. The molecule has 9 heteroatoms. The van der Waals surface area contributed by atoms with E-state index in [0.29, 0.717) is 35.9 Å². The molecule has 2 aromatic carbocycles. The molecule has 0 aliphatic heterocycles. The van der Waals surface area contributed by atoms with E-state index in [4.69, 9.17) is 0 Å². The Hall–Kier alpha value is -4.29. The van der Waals surface area contributed by atoms with Gasteiger partial charge in [0.1, 0.15) is 6.07 Å². The van der Waals surface area contributed by atoms with Crippen molar-refractivity contribution >= 4 is 29.1 Å². The van der Waals surface area contributed by atoms with Crippen LogP contribution in [0.2, 0.25) is 0 Å². The lowest BCUT2D eigenvalue weighted by Gasteiger charge is -2.25. The summed E-state index contributed by atoms with van der Waals surface area (Å²) in [5.74, 6) is 0.194. The highest BCUT2D eigenvalue weighted by molar-refractivity contribution is 5.93. The van der Waals surface area contributed by atoms with E-state index in [0.717, 1.165) is 43.0 Å². The normalized spacial score (nSPS) is 10.8. The molecule has 9 nitrogen and oxygen atoms in total. The summed E-state index contributed by atoms with van der Waals surface area (Å²) >= 11 is 0. The van der Waals surface area contributed by atoms with E-state index in [9.17, 15) is 14.9 Å². The van der Waals surface area contributed by atoms with Crippen LogP contribution in [0.3, 0.4) is 0 Å². The summed E-state index contributed by atoms with van der Waals surface area (Å²) in [6, 6.07) is 16.8. The Balaban J connectivity index is 1.66. The molecule has 3 rings (SSSR count). The van der Waals surface area contributed by atoms with Gasteiger partial charge in [-0.1, -0.05) is 45.9 Å². The Morgan fingerprint density at radius 1 is 0.975 bits per heavy atom. The minimum absolute atomic E-state index is 0.123. The zero-order valence-electron chi connectivity index (χ0n) is 24.1. The molecule has 0 bridgehead atoms. The molecule has 1 heterocycles. The van der Waals surface area contributed by atoms with Crippen LogP contribution in [0.1, 0.15) is 45.7 Å². The number of amides is 2. The Bertz CT molecular complexity index is 1330. The Morgan fingerprint density at radius 2 is 1.70 bits per heavy atom. The summed E-state index contributed by atoms with van der Waals surface area (Å²) < 4.78 is 0. The first kappa shape index (κ1) is 30.3. The second kappa shape index (κ2) is 14.8. The van der Waals surface area contributed by atoms with Crippen molar-refractivity contribution in [1.29, 1.82) is 5.26 Å². The molecule has 0 saturated carbocycles. The summed E-state index contributed by atoms with van der Waals surface area (Å²) in [6.07, 6.45) is 2.00. The van der Waals surface area contributed by atoms with Crippen molar-refractivity contribution in [2.75, 3.05) is 43.4 Å². The summed E-state index contributed by atoms with van der Waals surface area (Å²) in [4.78, 5) is 38.1. The first-order chi connectivity index (χ1) is 19.3. The van der Waals surface area contributed by atoms with Gasteiger partial charge in [0.25, 0.3) is 0 Å². The number of hydrogen-bond donors (Lipinski definition) is 2. The highest BCUT2D eigenvalue weighted by Gasteiger charge is 2.14. The number of nitrogens with zero attached hydrogens (tertiary/aromatic N) is 5. The first-order valence-corrected chi connectivity index (χ1v) is 13.8. The van der Waals surface area contributed by atoms with E-state index in [2.05, 4.69) is 45.4 Å². The predicted octanol–water partition coefficient (Wildman–Crippen LogP) is 5.09. The lowest BCUT2D eigenvalue weighted by atomic mass is 10.1. The maximum absolute atomic E-state index is 12.9. The van der Waals surface area contributed by atoms with Crippen LogP contribution in [-0.4, -0.2) is 64.3 Å². The number of likely N-dealkylation sites (N-methyl/N-ethyl adjacent to an activating group) is 2. The topological polar surface area (TPSA) is 114 Å². The minimum Gasteiger partial charge on any atom is -0.341 e. The Labute approximate surface area is 237 Å². The van der Waals surface area contributed by atoms with Crippen LogP contribution in [0.25, 0.3) is 11.3 Å². The van der Waals surface area contributed by atoms with Crippen molar-refractivity contribution in [3.05, 3.63) is 65.9 Å². The standard InChI is InChI=1S/C31H39N7O2/c1-6-37(7-2)17-18-38(8-3)29(39)19-23-9-12-26(13-10-23)34-31-33-16-15-28(36-31)24-11-14-27(25(20-24)21-32)35-30(40)22(4)5/h9-16,20,22H,6-8,17-19H2,1-5H3,(H,35,40)(H,33,34,36). The third-order valence-corrected chi connectivity index (χ3v) is 6.75. The van der Waals surface area contributed by atoms with Crippen molar-refractivity contribution in [2.24, 2.45) is 5.92 Å². The van der Waals surface area contributed by atoms with Crippen molar-refractivity contribution in [3.8, 4) is 17.3 Å². The van der Waals surface area contributed by atoms with Gasteiger partial charge in [0.2, 0.25) is 17.8 Å². The molecule has 0 spiro atoms. The van der Waals surface area contributed by atoms with E-state index < -0.39 is 0 Å². The van der Waals surface area contributed by atoms with Crippen LogP contribution in [0.15, 0.2) is 54.7 Å². The molecular formula is C31H39N7O2. The molecule has 40 heavy (non-hydrogen) atoms. The molecule has 0 aliphatic rings. The molecule has 3 aromatic rings. The summed E-state index contributed by atoms with van der Waals surface area (Å²) in [7, 11) is 0. The second-order valence-corrected chi connectivity index (χ2v) is 9.78. The zero-order valence-corrected chi connectivity index (χ0v) is 24.1. The number of benzene rings is 2. The maximum Gasteiger partial charge on any atom is 0.227 e. The lowest BCUT2D eigenvalue weighted by Crippen LogP contribution is -2.39. The van der Waals surface area contributed by atoms with Crippen molar-refractivity contribution < 1.29 is 9.59 Å². The maximum atomic E-state index is 12.9. The SMILES string of the molecule is CCN(CC)CCN(CC)C(=O)Cc1ccc(Nc2nccc(-c3ccc(NC(=O)C(C)C)c(C#N)c3)n2)cc1. The second-order valence-electron chi connectivity index (χ2n) is 9.78. The third-order valence-electron chi connectivity index (χ3n) is 6.75. The summed E-state index contributed by atoms with van der Waals surface area (Å²) in [5, 5.41) is 15.6. The van der Waals surface area contributed by atoms with Crippen LogP contribution in [0.5, 0.6) is 0 Å². The van der Waals surface area contributed by atoms with Crippen LogP contribution in [0, 0.1) is 17.2 Å². The molecule has 210 valence electrons. The number of carbonyl (C=O) groups excluding carboxylic acids is 2. The average molecular weight is 542 g/mol. The van der Waals surface area contributed by atoms with Gasteiger partial charge in [0.15, 0.2) is 0 Å². The molecule has 0 unspecified atom stereocenters. The molecule has 0 fully saturated rings. The number of aromatic nitrogens is 2. The van der Waals surface area contributed by atoms with Crippen LogP contribution < -0.4 is 10.6 Å². The molecule has 1 aromatic heterocycles. The quantitative estimate of drug-likeness (QED) is 0.310. The van der Waals surface area contributed by atoms with Crippen molar-refractivity contribution in [3.63, 3.8) is 0 Å². The molecule has 2 amide bonds. The predicted molar refractivity (Wildman–Crippen MR) is 159 cm³/mol. The van der Waals surface area contributed by atoms with Gasteiger partial charge >= 0.3 is 0 Å². The molecule has 0 aliphatic carbocycles. The smallest absolute Gasteiger partial charge is 0.227 e. The number of anilines is 3. The van der Waals surface area contributed by atoms with E-state index in [-0.39, 0.29) is 17.7 Å². The number of rotatable bonds is 13. The highest BCUT2D eigenvalue weighted by Crippen LogP contribution is 2.25. The lowest BCUT2D eigenvalue weighted by molar-refractivity contribution is -0.130. The van der Waals surface area contributed by atoms with Crippen molar-refractivity contribution in [2.45, 2.75) is 41.0 Å². The first-order valence-electron chi connectivity index (χ1n) is 13.8. The molecule has 2 N–H and O–H groups in total. The number of nitriles is 1. The summed E-state index contributed by atoms with van der Waals surface area (Å²) in [5.41, 5.74) is 3.95. The molecule has 0 radical (unpaired) electrons. The fourth-order valence-electron chi connectivity index (χ4n) is 4.14. The largest absolute Gasteiger partial charge is 0.341 e. The van der Waals surface area contributed by atoms with Crippen molar-refractivity contribution in [1.82, 2.24) is 19.8 Å². The number of hydrogen-bond acceptors (Lipinski definition) is 7. The van der Waals surface area contributed by atoms with Crippen LogP contribution in [0.4, 0.5) is 17.3 Å². The van der Waals surface area contributed by atoms with Gasteiger partial charge in [-0.15, -0.1) is 0 Å². The van der Waals surface area contributed by atoms with Gasteiger partial charge in [-0.2, -0.15) is 5.26 Å². The molecule has 0 atom stereocenters.